The first-order valence-electron chi connectivity index (χ1n) is 7.17. The Morgan fingerprint density at radius 1 is 1.30 bits per heavy atom. The summed E-state index contributed by atoms with van der Waals surface area (Å²) in [6.45, 7) is 2.99. The fourth-order valence-corrected chi connectivity index (χ4v) is 2.54. The summed E-state index contributed by atoms with van der Waals surface area (Å²) >= 11 is 0. The van der Waals surface area contributed by atoms with Crippen molar-refractivity contribution in [1.82, 2.24) is 0 Å². The number of nitrogens with zero attached hydrogens (tertiary/aromatic N) is 1. The molecule has 1 aromatic rings. The Labute approximate surface area is 153 Å². The molecule has 0 aromatic heterocycles. The molecule has 1 aliphatic heterocycles. The predicted octanol–water partition coefficient (Wildman–Crippen LogP) is 1.63. The van der Waals surface area contributed by atoms with E-state index in [1.165, 1.54) is 0 Å². The lowest BCUT2D eigenvalue weighted by molar-refractivity contribution is 0.297. The fourth-order valence-electron chi connectivity index (χ4n) is 1.88. The molecule has 0 saturated heterocycles. The number of guanidine groups is 1. The summed E-state index contributed by atoms with van der Waals surface area (Å²) in [6, 6.07) is 5.39. The van der Waals surface area contributed by atoms with E-state index in [0.29, 0.717) is 30.4 Å². The van der Waals surface area contributed by atoms with Crippen molar-refractivity contribution in [3.8, 4) is 11.5 Å². The van der Waals surface area contributed by atoms with E-state index < -0.39 is 9.84 Å². The molecular weight excluding hydrogens is 433 g/mol. The van der Waals surface area contributed by atoms with Gasteiger partial charge in [0, 0.05) is 23.9 Å². The van der Waals surface area contributed by atoms with Crippen LogP contribution in [0.3, 0.4) is 0 Å². The highest BCUT2D eigenvalue weighted by molar-refractivity contribution is 14.0. The monoisotopic (exact) mass is 455 g/mol. The lowest BCUT2D eigenvalue weighted by atomic mass is 10.3. The van der Waals surface area contributed by atoms with Crippen LogP contribution in [0.2, 0.25) is 0 Å². The van der Waals surface area contributed by atoms with Gasteiger partial charge in [0.1, 0.15) is 0 Å². The minimum Gasteiger partial charge on any atom is -0.490 e. The summed E-state index contributed by atoms with van der Waals surface area (Å²) in [5.74, 6) is 1.63. The number of hydrogen-bond acceptors (Lipinski definition) is 5. The van der Waals surface area contributed by atoms with Gasteiger partial charge < -0.3 is 20.5 Å². The molecule has 130 valence electrons. The van der Waals surface area contributed by atoms with Crippen LogP contribution in [0.5, 0.6) is 11.5 Å². The number of hydrogen-bond donors (Lipinski definition) is 2. The smallest absolute Gasteiger partial charge is 0.193 e. The number of fused-ring (bicyclic) bond motifs is 1. The maximum atomic E-state index is 11.4. The Balaban J connectivity index is 0.00000264. The molecule has 2 rings (SSSR count). The van der Waals surface area contributed by atoms with Gasteiger partial charge in [0.2, 0.25) is 0 Å². The fraction of sp³-hybridized carbons (Fsp3) is 0.500. The summed E-state index contributed by atoms with van der Waals surface area (Å²) in [4.78, 5) is 4.02. The molecule has 0 aliphatic carbocycles. The van der Waals surface area contributed by atoms with E-state index in [0.717, 1.165) is 6.42 Å². The third kappa shape index (κ3) is 6.42. The summed E-state index contributed by atoms with van der Waals surface area (Å²) in [5, 5.41) is 2.91. The Morgan fingerprint density at radius 3 is 2.70 bits per heavy atom. The van der Waals surface area contributed by atoms with E-state index in [-0.39, 0.29) is 48.0 Å². The van der Waals surface area contributed by atoms with Gasteiger partial charge in [0.15, 0.2) is 27.3 Å². The largest absolute Gasteiger partial charge is 0.490 e. The van der Waals surface area contributed by atoms with Gasteiger partial charge in [-0.2, -0.15) is 0 Å². The number of halogens is 1. The van der Waals surface area contributed by atoms with Crippen LogP contribution < -0.4 is 20.5 Å². The molecular formula is C14H22IN3O4S. The van der Waals surface area contributed by atoms with Gasteiger partial charge in [-0.05, 0) is 12.1 Å². The molecule has 0 amide bonds. The quantitative estimate of drug-likeness (QED) is 0.398. The Kier molecular flexibility index (Phi) is 7.89. The van der Waals surface area contributed by atoms with Gasteiger partial charge in [-0.25, -0.2) is 8.42 Å². The second-order valence-corrected chi connectivity index (χ2v) is 7.31. The van der Waals surface area contributed by atoms with E-state index in [9.17, 15) is 8.42 Å². The molecule has 0 unspecified atom stereocenters. The lowest BCUT2D eigenvalue weighted by Crippen LogP contribution is -2.24. The van der Waals surface area contributed by atoms with E-state index in [1.807, 2.05) is 0 Å². The molecule has 0 bridgehead atoms. The van der Waals surface area contributed by atoms with Gasteiger partial charge in [-0.15, -0.1) is 24.0 Å². The Morgan fingerprint density at radius 2 is 2.00 bits per heavy atom. The van der Waals surface area contributed by atoms with Gasteiger partial charge in [0.25, 0.3) is 0 Å². The summed E-state index contributed by atoms with van der Waals surface area (Å²) in [6.07, 6.45) is 0.840. The van der Waals surface area contributed by atoms with E-state index in [2.05, 4.69) is 10.3 Å². The molecule has 0 radical (unpaired) electrons. The molecule has 23 heavy (non-hydrogen) atoms. The molecule has 0 saturated carbocycles. The first-order chi connectivity index (χ1) is 10.5. The van der Waals surface area contributed by atoms with Crippen LogP contribution in [-0.2, 0) is 9.84 Å². The van der Waals surface area contributed by atoms with E-state index >= 15 is 0 Å². The number of aliphatic imine (C=N–C) groups is 1. The molecule has 0 spiro atoms. The van der Waals surface area contributed by atoms with Crippen molar-refractivity contribution in [2.45, 2.75) is 13.3 Å². The third-order valence-corrected chi connectivity index (χ3v) is 4.83. The molecule has 3 N–H and O–H groups in total. The van der Waals surface area contributed by atoms with Crippen molar-refractivity contribution in [2.75, 3.05) is 36.6 Å². The zero-order valence-corrected chi connectivity index (χ0v) is 16.1. The zero-order chi connectivity index (χ0) is 16.0. The molecule has 1 aromatic carbocycles. The highest BCUT2D eigenvalue weighted by atomic mass is 127. The topological polar surface area (TPSA) is 103 Å². The van der Waals surface area contributed by atoms with Gasteiger partial charge >= 0.3 is 0 Å². The minimum absolute atomic E-state index is 0. The van der Waals surface area contributed by atoms with Crippen LogP contribution in [0.15, 0.2) is 23.2 Å². The van der Waals surface area contributed by atoms with Crippen LogP contribution in [-0.4, -0.2) is 45.6 Å². The second kappa shape index (κ2) is 9.16. The van der Waals surface area contributed by atoms with Crippen molar-refractivity contribution in [3.05, 3.63) is 18.2 Å². The highest BCUT2D eigenvalue weighted by Crippen LogP contribution is 2.32. The van der Waals surface area contributed by atoms with Crippen LogP contribution in [0.25, 0.3) is 0 Å². The summed E-state index contributed by atoms with van der Waals surface area (Å²) < 4.78 is 33.9. The number of nitrogens with two attached hydrogens (primary N) is 1. The maximum Gasteiger partial charge on any atom is 0.193 e. The molecule has 7 nitrogen and oxygen atoms in total. The average molecular weight is 455 g/mol. The number of nitrogens with one attached hydrogen (secondary N) is 1. The third-order valence-electron chi connectivity index (χ3n) is 3.14. The molecule has 1 aliphatic rings. The van der Waals surface area contributed by atoms with Crippen LogP contribution >= 0.6 is 24.0 Å². The van der Waals surface area contributed by atoms with Crippen LogP contribution in [0.4, 0.5) is 5.69 Å². The Hall–Kier alpha value is -1.23. The normalized spacial score (nSPS) is 14.6. The van der Waals surface area contributed by atoms with Crippen molar-refractivity contribution in [3.63, 3.8) is 0 Å². The number of benzene rings is 1. The van der Waals surface area contributed by atoms with Gasteiger partial charge in [0.05, 0.1) is 25.5 Å². The maximum absolute atomic E-state index is 11.4. The number of sulfone groups is 1. The van der Waals surface area contributed by atoms with E-state index in [1.54, 1.807) is 25.1 Å². The Bertz CT molecular complexity index is 649. The minimum atomic E-state index is -3.03. The van der Waals surface area contributed by atoms with Gasteiger partial charge in [-0.1, -0.05) is 6.92 Å². The summed E-state index contributed by atoms with van der Waals surface area (Å²) in [5.41, 5.74) is 6.47. The zero-order valence-electron chi connectivity index (χ0n) is 12.9. The SMILES string of the molecule is CCS(=O)(=O)CCN=C(N)Nc1ccc2c(c1)OCCCO2.I. The number of anilines is 1. The average Bonchev–Trinajstić information content (AvgIpc) is 2.72. The van der Waals surface area contributed by atoms with Crippen LogP contribution in [0, 0.1) is 0 Å². The van der Waals surface area contributed by atoms with Gasteiger partial charge in [-0.3, -0.25) is 4.99 Å². The molecule has 0 atom stereocenters. The lowest BCUT2D eigenvalue weighted by Gasteiger charge is -2.10. The van der Waals surface area contributed by atoms with Crippen molar-refractivity contribution < 1.29 is 17.9 Å². The van der Waals surface area contributed by atoms with Crippen molar-refractivity contribution in [1.29, 1.82) is 0 Å². The predicted molar refractivity (Wildman–Crippen MR) is 102 cm³/mol. The molecule has 0 fully saturated rings. The standard InChI is InChI=1S/C14H21N3O4S.HI/c1-2-22(18,19)9-6-16-14(15)17-11-4-5-12-13(10-11)21-8-3-7-20-12;/h4-5,10H,2-3,6-9H2,1H3,(H3,15,16,17);1H. The van der Waals surface area contributed by atoms with Crippen molar-refractivity contribution >= 4 is 45.5 Å². The number of rotatable bonds is 5. The van der Waals surface area contributed by atoms with Crippen LogP contribution in [0.1, 0.15) is 13.3 Å². The molecule has 9 heteroatoms. The number of ether oxygens (including phenoxy) is 2. The van der Waals surface area contributed by atoms with Crippen molar-refractivity contribution in [2.24, 2.45) is 10.7 Å². The highest BCUT2D eigenvalue weighted by Gasteiger charge is 2.11. The van der Waals surface area contributed by atoms with E-state index in [4.69, 9.17) is 15.2 Å². The second-order valence-electron chi connectivity index (χ2n) is 4.84. The summed E-state index contributed by atoms with van der Waals surface area (Å²) in [7, 11) is -3.03. The first kappa shape index (κ1) is 19.8. The molecule has 1 heterocycles. The first-order valence-corrected chi connectivity index (χ1v) is 8.99.